The molecule has 0 saturated carbocycles. The molecule has 19 heavy (non-hydrogen) atoms. The van der Waals surface area contributed by atoms with Crippen LogP contribution in [0.5, 0.6) is 0 Å². The maximum Gasteiger partial charge on any atom is 0.329 e. The Bertz CT molecular complexity index is 472. The van der Waals surface area contributed by atoms with E-state index in [0.29, 0.717) is 19.0 Å². The average molecular weight is 266 g/mol. The Hall–Kier alpha value is -1.89. The summed E-state index contributed by atoms with van der Waals surface area (Å²) in [6, 6.07) is 1.84. The number of carbonyl (C=O) groups is 1. The lowest BCUT2D eigenvalue weighted by Crippen LogP contribution is -2.62. The van der Waals surface area contributed by atoms with Gasteiger partial charge in [-0.15, -0.1) is 0 Å². The Labute approximate surface area is 111 Å². The zero-order chi connectivity index (χ0) is 14.0. The summed E-state index contributed by atoms with van der Waals surface area (Å²) in [7, 11) is 3.77. The summed E-state index contributed by atoms with van der Waals surface area (Å²) in [4.78, 5) is 22.9. The van der Waals surface area contributed by atoms with Gasteiger partial charge in [-0.3, -0.25) is 0 Å². The molecular weight excluding hydrogens is 248 g/mol. The highest BCUT2D eigenvalue weighted by molar-refractivity contribution is 5.68. The van der Waals surface area contributed by atoms with Crippen LogP contribution in [0.4, 0.5) is 11.8 Å². The average Bonchev–Trinajstić information content (AvgIpc) is 2.33. The third-order valence-electron chi connectivity index (χ3n) is 2.95. The van der Waals surface area contributed by atoms with Crippen molar-refractivity contribution in [3.63, 3.8) is 0 Å². The molecular formula is C12H18N4O3. The van der Waals surface area contributed by atoms with Crippen LogP contribution in [0.15, 0.2) is 12.3 Å². The first-order valence-corrected chi connectivity index (χ1v) is 6.01. The molecule has 0 aliphatic carbocycles. The van der Waals surface area contributed by atoms with Crippen LogP contribution in [-0.4, -0.2) is 60.4 Å². The fraction of sp³-hybridized carbons (Fsp3) is 0.583. The van der Waals surface area contributed by atoms with Crippen molar-refractivity contribution in [2.45, 2.75) is 12.5 Å². The zero-order valence-corrected chi connectivity index (χ0v) is 11.3. The summed E-state index contributed by atoms with van der Waals surface area (Å²) in [5, 5.41) is 8.61. The molecule has 1 aliphatic heterocycles. The molecule has 1 saturated heterocycles. The van der Waals surface area contributed by atoms with Gasteiger partial charge in [0.2, 0.25) is 5.95 Å². The van der Waals surface area contributed by atoms with E-state index in [2.05, 4.69) is 9.97 Å². The van der Waals surface area contributed by atoms with Gasteiger partial charge in [0.25, 0.3) is 0 Å². The van der Waals surface area contributed by atoms with Gasteiger partial charge in [0.1, 0.15) is 18.0 Å². The second-order valence-electron chi connectivity index (χ2n) is 5.10. The van der Waals surface area contributed by atoms with Gasteiger partial charge in [-0.1, -0.05) is 0 Å². The van der Waals surface area contributed by atoms with Gasteiger partial charge in [0.05, 0.1) is 0 Å². The van der Waals surface area contributed by atoms with E-state index in [4.69, 9.17) is 9.84 Å². The Morgan fingerprint density at radius 2 is 2.26 bits per heavy atom. The molecule has 1 aromatic rings. The summed E-state index contributed by atoms with van der Waals surface area (Å²) in [6.45, 7) is 2.89. The number of anilines is 2. The molecule has 1 aliphatic rings. The molecule has 0 amide bonds. The summed E-state index contributed by atoms with van der Waals surface area (Å²) >= 11 is 0. The van der Waals surface area contributed by atoms with E-state index in [-0.39, 0.29) is 6.61 Å². The van der Waals surface area contributed by atoms with Crippen LogP contribution in [0.1, 0.15) is 6.92 Å². The molecule has 1 N–H and O–H groups in total. The van der Waals surface area contributed by atoms with Crippen molar-refractivity contribution in [3.05, 3.63) is 12.3 Å². The standard InChI is InChI=1S/C12H18N4O3/c1-12(19-6-10(17)18)7-16(8-12)9-4-5-13-11(14-9)15(2)3/h4-5H,6-8H2,1-3H3,(H,17,18). The van der Waals surface area contributed by atoms with Crippen LogP contribution in [0.25, 0.3) is 0 Å². The van der Waals surface area contributed by atoms with E-state index in [0.717, 1.165) is 5.82 Å². The normalized spacial score (nSPS) is 16.9. The Morgan fingerprint density at radius 1 is 1.58 bits per heavy atom. The predicted octanol–water partition coefficient (Wildman–Crippen LogP) is 0.223. The molecule has 7 heteroatoms. The highest BCUT2D eigenvalue weighted by Crippen LogP contribution is 2.29. The quantitative estimate of drug-likeness (QED) is 0.816. The van der Waals surface area contributed by atoms with Crippen LogP contribution < -0.4 is 9.80 Å². The van der Waals surface area contributed by atoms with Gasteiger partial charge in [0, 0.05) is 33.4 Å². The molecule has 2 rings (SSSR count). The van der Waals surface area contributed by atoms with Crippen LogP contribution in [0.2, 0.25) is 0 Å². The second-order valence-corrected chi connectivity index (χ2v) is 5.10. The van der Waals surface area contributed by atoms with Crippen molar-refractivity contribution < 1.29 is 14.6 Å². The van der Waals surface area contributed by atoms with Crippen molar-refractivity contribution in [1.82, 2.24) is 9.97 Å². The van der Waals surface area contributed by atoms with Crippen LogP contribution in [0, 0.1) is 0 Å². The van der Waals surface area contributed by atoms with E-state index in [1.165, 1.54) is 0 Å². The van der Waals surface area contributed by atoms with Crippen molar-refractivity contribution in [3.8, 4) is 0 Å². The zero-order valence-electron chi connectivity index (χ0n) is 11.3. The number of aromatic nitrogens is 2. The molecule has 0 atom stereocenters. The fourth-order valence-electron chi connectivity index (χ4n) is 1.98. The molecule has 0 radical (unpaired) electrons. The summed E-state index contributed by atoms with van der Waals surface area (Å²) in [5.74, 6) is 0.532. The van der Waals surface area contributed by atoms with Crippen molar-refractivity contribution in [1.29, 1.82) is 0 Å². The lowest BCUT2D eigenvalue weighted by Gasteiger charge is -2.47. The van der Waals surface area contributed by atoms with Gasteiger partial charge >= 0.3 is 5.97 Å². The fourth-order valence-corrected chi connectivity index (χ4v) is 1.98. The van der Waals surface area contributed by atoms with Crippen molar-refractivity contribution in [2.24, 2.45) is 0 Å². The molecule has 0 bridgehead atoms. The first-order valence-electron chi connectivity index (χ1n) is 6.01. The van der Waals surface area contributed by atoms with Crippen molar-refractivity contribution in [2.75, 3.05) is 43.6 Å². The van der Waals surface area contributed by atoms with E-state index >= 15 is 0 Å². The number of carboxylic acids is 1. The molecule has 1 fully saturated rings. The summed E-state index contributed by atoms with van der Waals surface area (Å²) < 4.78 is 5.36. The molecule has 7 nitrogen and oxygen atoms in total. The number of carboxylic acid groups (broad SMARTS) is 1. The smallest absolute Gasteiger partial charge is 0.329 e. The maximum absolute atomic E-state index is 10.5. The van der Waals surface area contributed by atoms with E-state index in [1.54, 1.807) is 6.20 Å². The number of rotatable bonds is 5. The van der Waals surface area contributed by atoms with Gasteiger partial charge in [-0.2, -0.15) is 4.98 Å². The minimum atomic E-state index is -0.948. The number of hydrogen-bond acceptors (Lipinski definition) is 6. The highest BCUT2D eigenvalue weighted by Gasteiger charge is 2.41. The number of aliphatic carboxylic acids is 1. The number of hydrogen-bond donors (Lipinski definition) is 1. The molecule has 1 aromatic heterocycles. The lowest BCUT2D eigenvalue weighted by atomic mass is 9.96. The SMILES string of the molecule is CN(C)c1nccc(N2CC(C)(OCC(=O)O)C2)n1. The van der Waals surface area contributed by atoms with E-state index in [1.807, 2.05) is 36.9 Å². The molecule has 104 valence electrons. The predicted molar refractivity (Wildman–Crippen MR) is 70.6 cm³/mol. The van der Waals surface area contributed by atoms with E-state index in [9.17, 15) is 4.79 Å². The maximum atomic E-state index is 10.5. The van der Waals surface area contributed by atoms with Gasteiger partial charge < -0.3 is 19.6 Å². The number of ether oxygens (including phenoxy) is 1. The molecule has 0 unspecified atom stereocenters. The van der Waals surface area contributed by atoms with E-state index < -0.39 is 11.6 Å². The third kappa shape index (κ3) is 3.11. The topological polar surface area (TPSA) is 78.8 Å². The molecule has 0 spiro atoms. The Morgan fingerprint density at radius 3 is 2.84 bits per heavy atom. The first kappa shape index (κ1) is 13.5. The van der Waals surface area contributed by atoms with Crippen LogP contribution >= 0.6 is 0 Å². The Balaban J connectivity index is 1.96. The van der Waals surface area contributed by atoms with Crippen LogP contribution in [0.3, 0.4) is 0 Å². The molecule has 0 aromatic carbocycles. The minimum Gasteiger partial charge on any atom is -0.480 e. The van der Waals surface area contributed by atoms with Crippen molar-refractivity contribution >= 4 is 17.7 Å². The second kappa shape index (κ2) is 5.00. The highest BCUT2D eigenvalue weighted by atomic mass is 16.5. The number of nitrogens with zero attached hydrogens (tertiary/aromatic N) is 4. The summed E-state index contributed by atoms with van der Waals surface area (Å²) in [6.07, 6.45) is 1.71. The third-order valence-corrected chi connectivity index (χ3v) is 2.95. The van der Waals surface area contributed by atoms with Gasteiger partial charge in [-0.25, -0.2) is 9.78 Å². The largest absolute Gasteiger partial charge is 0.480 e. The minimum absolute atomic E-state index is 0.267. The monoisotopic (exact) mass is 266 g/mol. The van der Waals surface area contributed by atoms with Crippen LogP contribution in [-0.2, 0) is 9.53 Å². The Kier molecular flexibility index (Phi) is 3.57. The summed E-state index contributed by atoms with van der Waals surface area (Å²) in [5.41, 5.74) is -0.415. The first-order chi connectivity index (χ1) is 8.89. The lowest BCUT2D eigenvalue weighted by molar-refractivity contribution is -0.150. The van der Waals surface area contributed by atoms with Gasteiger partial charge in [0.15, 0.2) is 0 Å². The van der Waals surface area contributed by atoms with Gasteiger partial charge in [-0.05, 0) is 13.0 Å². The molecule has 2 heterocycles.